The summed E-state index contributed by atoms with van der Waals surface area (Å²) >= 11 is 0. The van der Waals surface area contributed by atoms with Gasteiger partial charge in [-0.3, -0.25) is 0 Å². The summed E-state index contributed by atoms with van der Waals surface area (Å²) in [6.07, 6.45) is 20.3. The Morgan fingerprint density at radius 1 is 0.519 bits per heavy atom. The molecule has 0 radical (unpaired) electrons. The van der Waals surface area contributed by atoms with Crippen LogP contribution in [0.5, 0.6) is 0 Å². The van der Waals surface area contributed by atoms with Crippen molar-refractivity contribution in [1.82, 2.24) is 0 Å². The third-order valence-corrected chi connectivity index (χ3v) is 9.58. The quantitative estimate of drug-likeness (QED) is 0.305. The van der Waals surface area contributed by atoms with E-state index in [0.29, 0.717) is 6.42 Å². The van der Waals surface area contributed by atoms with Gasteiger partial charge >= 0.3 is 0 Å². The molecule has 0 aliphatic heterocycles. The predicted octanol–water partition coefficient (Wildman–Crippen LogP) is 4.60. The minimum absolute atomic E-state index is 0.226. The van der Waals surface area contributed by atoms with E-state index in [2.05, 4.69) is 0 Å². The van der Waals surface area contributed by atoms with Crippen molar-refractivity contribution in [3.8, 4) is 0 Å². The molecule has 0 aliphatic carbocycles. The molecule has 0 fully saturated rings. The monoisotopic (exact) mass is 425 g/mol. The second-order valence-electron chi connectivity index (χ2n) is 7.97. The Morgan fingerprint density at radius 2 is 0.778 bits per heavy atom. The highest BCUT2D eigenvalue weighted by Crippen LogP contribution is 2.18. The molecule has 0 amide bonds. The van der Waals surface area contributed by atoms with Gasteiger partial charge in [-0.25, -0.2) is 16.8 Å². The Morgan fingerprint density at radius 3 is 1.04 bits per heavy atom. The average Bonchev–Trinajstić information content (AvgIpc) is 2.55. The summed E-state index contributed by atoms with van der Waals surface area (Å²) < 4.78 is 45.1. The lowest BCUT2D eigenvalue weighted by Crippen LogP contribution is -2.28. The molecule has 0 unspecified atom stereocenters. The Bertz CT molecular complexity index is 512. The third kappa shape index (κ3) is 16.5. The van der Waals surface area contributed by atoms with Crippen LogP contribution in [0.25, 0.3) is 0 Å². The number of rotatable bonds is 19. The zero-order chi connectivity index (χ0) is 20.6. The maximum absolute atomic E-state index is 11.6. The van der Waals surface area contributed by atoms with Gasteiger partial charge in [0.2, 0.25) is 0 Å². The lowest BCUT2D eigenvalue weighted by atomic mass is 10.0. The molecule has 0 saturated carbocycles. The number of hydrogen-bond donors (Lipinski definition) is 1. The highest BCUT2D eigenvalue weighted by molar-refractivity contribution is 8.08. The molecule has 0 aliphatic rings. The van der Waals surface area contributed by atoms with Gasteiger partial charge in [0, 0.05) is 12.5 Å². The molecule has 7 heteroatoms. The third-order valence-electron chi connectivity index (χ3n) is 5.10. The lowest BCUT2D eigenvalue weighted by Gasteiger charge is -2.12. The van der Waals surface area contributed by atoms with Gasteiger partial charge in [-0.15, -0.1) is 0 Å². The van der Waals surface area contributed by atoms with Gasteiger partial charge in [0.15, 0.2) is 24.3 Å². The fourth-order valence-electron chi connectivity index (χ4n) is 3.50. The maximum atomic E-state index is 11.6. The highest BCUT2D eigenvalue weighted by Gasteiger charge is 2.30. The molecule has 0 aromatic carbocycles. The zero-order valence-corrected chi connectivity index (χ0v) is 19.3. The molecule has 164 valence electrons. The summed E-state index contributed by atoms with van der Waals surface area (Å²) in [5, 5.41) is 0. The number of hydrogen-bond acceptors (Lipinski definition) is 5. The van der Waals surface area contributed by atoms with Gasteiger partial charge in [-0.05, 0) is 19.4 Å². The van der Waals surface area contributed by atoms with Gasteiger partial charge in [0.1, 0.15) is 0 Å². The van der Waals surface area contributed by atoms with Gasteiger partial charge in [0.05, 0.1) is 0 Å². The molecule has 5 nitrogen and oxygen atoms in total. The van der Waals surface area contributed by atoms with Crippen LogP contribution in [0.15, 0.2) is 0 Å². The Hall–Kier alpha value is -0.140. The van der Waals surface area contributed by atoms with Crippen LogP contribution in [0.1, 0.15) is 103 Å². The Kier molecular flexibility index (Phi) is 15.7. The van der Waals surface area contributed by atoms with E-state index in [9.17, 15) is 16.8 Å². The Balaban J connectivity index is 3.45. The van der Waals surface area contributed by atoms with Crippen LogP contribution in [0.3, 0.4) is 0 Å². The summed E-state index contributed by atoms with van der Waals surface area (Å²) in [7, 11) is -7.07. The van der Waals surface area contributed by atoms with E-state index in [1.807, 2.05) is 0 Å². The predicted molar refractivity (Wildman–Crippen MR) is 116 cm³/mol. The molecular formula is C20H43NO4S2. The van der Waals surface area contributed by atoms with E-state index in [1.165, 1.54) is 64.2 Å². The minimum Gasteiger partial charge on any atom is -0.330 e. The smallest absolute Gasteiger partial charge is 0.164 e. The molecule has 27 heavy (non-hydrogen) atoms. The molecule has 0 aromatic rings. The van der Waals surface area contributed by atoms with Crippen LogP contribution in [0.4, 0.5) is 0 Å². The first kappa shape index (κ1) is 26.9. The molecule has 0 aromatic heterocycles. The molecule has 0 spiro atoms. The summed E-state index contributed by atoms with van der Waals surface area (Å²) in [5.74, 6) is 0. The summed E-state index contributed by atoms with van der Waals surface area (Å²) in [5.41, 5.74) is 5.48. The van der Waals surface area contributed by atoms with Gasteiger partial charge in [-0.1, -0.05) is 89.9 Å². The van der Waals surface area contributed by atoms with Crippen LogP contribution in [-0.4, -0.2) is 40.5 Å². The van der Waals surface area contributed by atoms with Crippen LogP contribution < -0.4 is 5.73 Å². The zero-order valence-electron chi connectivity index (χ0n) is 17.6. The number of sulfone groups is 2. The summed E-state index contributed by atoms with van der Waals surface area (Å²) in [6, 6.07) is 0. The van der Waals surface area contributed by atoms with Crippen LogP contribution in [-0.2, 0) is 19.7 Å². The van der Waals surface area contributed by atoms with Crippen molar-refractivity contribution in [3.05, 3.63) is 0 Å². The molecule has 0 heterocycles. The second kappa shape index (κ2) is 15.7. The fourth-order valence-corrected chi connectivity index (χ4v) is 7.23. The van der Waals surface area contributed by atoms with Crippen molar-refractivity contribution in [2.75, 3.05) is 19.1 Å². The first-order chi connectivity index (χ1) is 12.7. The molecule has 0 bridgehead atoms. The van der Waals surface area contributed by atoms with Crippen molar-refractivity contribution >= 4 is 19.7 Å². The summed E-state index contributed by atoms with van der Waals surface area (Å²) in [6.45, 7) is 0.821. The Labute approximate surface area is 168 Å². The van der Waals surface area contributed by atoms with E-state index in [1.54, 1.807) is 0 Å². The molecule has 0 rings (SSSR count). The van der Waals surface area contributed by atoms with Crippen molar-refractivity contribution in [3.63, 3.8) is 0 Å². The van der Waals surface area contributed by atoms with Crippen molar-refractivity contribution in [1.29, 1.82) is 0 Å². The highest BCUT2D eigenvalue weighted by atomic mass is 32.3. The fraction of sp³-hybridized carbons (Fsp3) is 1.00. The minimum atomic E-state index is -3.54. The number of nitrogens with two attached hydrogens (primary N) is 1. The van der Waals surface area contributed by atoms with Gasteiger partial charge in [-0.2, -0.15) is 0 Å². The first-order valence-corrected chi connectivity index (χ1v) is 14.7. The van der Waals surface area contributed by atoms with Crippen molar-refractivity contribution in [2.45, 2.75) is 107 Å². The lowest BCUT2D eigenvalue weighted by molar-refractivity contribution is 0.527. The topological polar surface area (TPSA) is 94.3 Å². The van der Waals surface area contributed by atoms with E-state index < -0.39 is 24.3 Å². The molecular weight excluding hydrogens is 382 g/mol. The molecule has 2 N–H and O–H groups in total. The van der Waals surface area contributed by atoms with Crippen LogP contribution >= 0.6 is 0 Å². The first-order valence-electron chi connectivity index (χ1n) is 10.8. The SMILES string of the molecule is CS(=O)(=O)C(CCCCCCCCCCCCCCCCCN)S(C)(=O)=O. The van der Waals surface area contributed by atoms with E-state index in [0.717, 1.165) is 44.7 Å². The summed E-state index contributed by atoms with van der Waals surface area (Å²) in [4.78, 5) is 0. The van der Waals surface area contributed by atoms with Crippen molar-refractivity contribution in [2.24, 2.45) is 5.73 Å². The van der Waals surface area contributed by atoms with Crippen LogP contribution in [0.2, 0.25) is 0 Å². The second-order valence-corrected chi connectivity index (χ2v) is 12.7. The average molecular weight is 426 g/mol. The van der Waals surface area contributed by atoms with Gasteiger partial charge in [0.25, 0.3) is 0 Å². The maximum Gasteiger partial charge on any atom is 0.164 e. The van der Waals surface area contributed by atoms with E-state index >= 15 is 0 Å². The normalized spacial score (nSPS) is 12.7. The van der Waals surface area contributed by atoms with Gasteiger partial charge < -0.3 is 5.73 Å². The van der Waals surface area contributed by atoms with Crippen LogP contribution in [0, 0.1) is 0 Å². The van der Waals surface area contributed by atoms with Crippen molar-refractivity contribution < 1.29 is 16.8 Å². The van der Waals surface area contributed by atoms with E-state index in [4.69, 9.17) is 5.73 Å². The number of unbranched alkanes of at least 4 members (excludes halogenated alkanes) is 14. The largest absolute Gasteiger partial charge is 0.330 e. The molecule has 0 atom stereocenters. The molecule has 0 saturated heterocycles. The standard InChI is InChI=1S/C20H43NO4S2/c1-26(22,23)20(27(2,24)25)18-16-14-12-10-8-6-4-3-5-7-9-11-13-15-17-19-21/h20H,3-19,21H2,1-2H3. The van der Waals surface area contributed by atoms with E-state index in [-0.39, 0.29) is 6.42 Å².